The average Bonchev–Trinajstić information content (AvgIpc) is 3.16. The van der Waals surface area contributed by atoms with E-state index < -0.39 is 5.60 Å². The summed E-state index contributed by atoms with van der Waals surface area (Å²) in [6, 6.07) is 10.9. The van der Waals surface area contributed by atoms with Gasteiger partial charge >= 0.3 is 0 Å². The van der Waals surface area contributed by atoms with Crippen LogP contribution in [0.4, 0.5) is 5.69 Å². The summed E-state index contributed by atoms with van der Waals surface area (Å²) >= 11 is 6.18. The van der Waals surface area contributed by atoms with Crippen molar-refractivity contribution in [2.75, 3.05) is 11.9 Å². The highest BCUT2D eigenvalue weighted by Crippen LogP contribution is 2.35. The van der Waals surface area contributed by atoms with Gasteiger partial charge in [0.25, 0.3) is 5.91 Å². The fourth-order valence-corrected chi connectivity index (χ4v) is 4.54. The first-order chi connectivity index (χ1) is 14.8. The molecule has 0 bridgehead atoms. The van der Waals surface area contributed by atoms with Crippen LogP contribution in [0.5, 0.6) is 0 Å². The molecule has 1 aliphatic rings. The third-order valence-electron chi connectivity index (χ3n) is 6.14. The van der Waals surface area contributed by atoms with Gasteiger partial charge in [0.1, 0.15) is 0 Å². The number of fused-ring (bicyclic) bond motifs is 1. The number of aromatic nitrogens is 2. The van der Waals surface area contributed by atoms with Gasteiger partial charge in [-0.15, -0.1) is 0 Å². The lowest BCUT2D eigenvalue weighted by atomic mass is 9.87. The second-order valence-corrected chi connectivity index (χ2v) is 9.32. The van der Waals surface area contributed by atoms with E-state index in [0.29, 0.717) is 33.8 Å². The van der Waals surface area contributed by atoms with Crippen molar-refractivity contribution in [1.82, 2.24) is 9.78 Å². The number of carbonyl (C=O) groups is 1. The Bertz CT molecular complexity index is 1100. The molecule has 1 heterocycles. The van der Waals surface area contributed by atoms with Gasteiger partial charge in [-0.25, -0.2) is 0 Å². The molecule has 3 aromatic rings. The van der Waals surface area contributed by atoms with E-state index in [1.807, 2.05) is 23.0 Å². The number of aliphatic hydroxyl groups excluding tert-OH is 1. The Labute approximate surface area is 186 Å². The summed E-state index contributed by atoms with van der Waals surface area (Å²) in [5.74, 6) is 0.0554. The number of halogens is 1. The Morgan fingerprint density at radius 1 is 1.23 bits per heavy atom. The second kappa shape index (κ2) is 8.61. The monoisotopic (exact) mass is 441 g/mol. The van der Waals surface area contributed by atoms with E-state index in [1.54, 1.807) is 38.1 Å². The number of hydrogen-bond acceptors (Lipinski definition) is 4. The van der Waals surface area contributed by atoms with Crippen molar-refractivity contribution in [1.29, 1.82) is 0 Å². The molecule has 0 aliphatic heterocycles. The van der Waals surface area contributed by atoms with Gasteiger partial charge in [0, 0.05) is 29.4 Å². The fourth-order valence-electron chi connectivity index (χ4n) is 4.31. The molecular formula is C24H28ClN3O3. The Morgan fingerprint density at radius 2 is 1.94 bits per heavy atom. The minimum absolute atomic E-state index is 0.247. The van der Waals surface area contributed by atoms with Gasteiger partial charge in [-0.05, 0) is 69.7 Å². The van der Waals surface area contributed by atoms with E-state index in [4.69, 9.17) is 16.7 Å². The van der Waals surface area contributed by atoms with Gasteiger partial charge in [-0.3, -0.25) is 9.48 Å². The number of hydrogen-bond donors (Lipinski definition) is 3. The molecular weight excluding hydrogens is 414 g/mol. The van der Waals surface area contributed by atoms with Crippen LogP contribution in [-0.4, -0.2) is 32.5 Å². The van der Waals surface area contributed by atoms with Crippen molar-refractivity contribution < 1.29 is 15.0 Å². The first kappa shape index (κ1) is 21.8. The molecule has 0 unspecified atom stereocenters. The zero-order valence-electron chi connectivity index (χ0n) is 17.8. The number of rotatable bonds is 5. The molecule has 164 valence electrons. The van der Waals surface area contributed by atoms with Gasteiger partial charge in [-0.1, -0.05) is 23.7 Å². The molecule has 1 fully saturated rings. The van der Waals surface area contributed by atoms with Crippen LogP contribution < -0.4 is 5.32 Å². The minimum atomic E-state index is -1.17. The predicted molar refractivity (Wildman–Crippen MR) is 122 cm³/mol. The quantitative estimate of drug-likeness (QED) is 0.525. The zero-order valence-corrected chi connectivity index (χ0v) is 18.6. The maximum absolute atomic E-state index is 12.8. The Morgan fingerprint density at radius 3 is 2.58 bits per heavy atom. The average molecular weight is 442 g/mol. The number of aliphatic hydroxyl groups is 2. The molecule has 7 heteroatoms. The Kier molecular flexibility index (Phi) is 6.06. The van der Waals surface area contributed by atoms with Crippen LogP contribution in [0.1, 0.15) is 61.5 Å². The highest BCUT2D eigenvalue weighted by Gasteiger charge is 2.26. The SMILES string of the molecule is CC(C)(O)c1cc2nn(C3CCC(CO)CC3)cc2cc1NC(=O)c1ccccc1Cl. The van der Waals surface area contributed by atoms with E-state index >= 15 is 0 Å². The molecule has 0 saturated heterocycles. The zero-order chi connectivity index (χ0) is 22.2. The third-order valence-corrected chi connectivity index (χ3v) is 6.47. The smallest absolute Gasteiger partial charge is 0.257 e. The summed E-state index contributed by atoms with van der Waals surface area (Å²) < 4.78 is 1.99. The van der Waals surface area contributed by atoms with Crippen LogP contribution >= 0.6 is 11.6 Å². The molecule has 31 heavy (non-hydrogen) atoms. The molecule has 1 saturated carbocycles. The fraction of sp³-hybridized carbons (Fsp3) is 0.417. The first-order valence-electron chi connectivity index (χ1n) is 10.7. The van der Waals surface area contributed by atoms with Crippen LogP contribution in [0.15, 0.2) is 42.6 Å². The number of nitrogens with one attached hydrogen (secondary N) is 1. The number of carbonyl (C=O) groups excluding carboxylic acids is 1. The van der Waals surface area contributed by atoms with E-state index in [9.17, 15) is 15.0 Å². The lowest BCUT2D eigenvalue weighted by molar-refractivity contribution is 0.0794. The largest absolute Gasteiger partial charge is 0.396 e. The Hall–Kier alpha value is -2.41. The molecule has 0 radical (unpaired) electrons. The lowest BCUT2D eigenvalue weighted by Gasteiger charge is -2.27. The molecule has 6 nitrogen and oxygen atoms in total. The van der Waals surface area contributed by atoms with Crippen molar-refractivity contribution in [3.05, 3.63) is 58.7 Å². The maximum Gasteiger partial charge on any atom is 0.257 e. The Balaban J connectivity index is 1.67. The molecule has 1 amide bonds. The maximum atomic E-state index is 12.8. The summed E-state index contributed by atoms with van der Waals surface area (Å²) in [5, 5.41) is 29.1. The van der Waals surface area contributed by atoms with Gasteiger partial charge in [-0.2, -0.15) is 5.10 Å². The highest BCUT2D eigenvalue weighted by molar-refractivity contribution is 6.34. The number of anilines is 1. The molecule has 0 spiro atoms. The van der Waals surface area contributed by atoms with Crippen LogP contribution in [0.2, 0.25) is 5.02 Å². The van der Waals surface area contributed by atoms with Crippen molar-refractivity contribution in [3.8, 4) is 0 Å². The van der Waals surface area contributed by atoms with Crippen molar-refractivity contribution in [3.63, 3.8) is 0 Å². The minimum Gasteiger partial charge on any atom is -0.396 e. The standard InChI is InChI=1S/C24H28ClN3O3/c1-24(2,31)19-12-21-16(13-28(27-21)17-9-7-15(14-29)8-10-17)11-22(19)26-23(30)18-5-3-4-6-20(18)25/h3-6,11-13,15,17,29,31H,7-10,14H2,1-2H3,(H,26,30). The third kappa shape index (κ3) is 4.61. The van der Waals surface area contributed by atoms with Crippen LogP contribution in [0.3, 0.4) is 0 Å². The topological polar surface area (TPSA) is 87.4 Å². The van der Waals surface area contributed by atoms with Crippen LogP contribution in [0.25, 0.3) is 10.9 Å². The van der Waals surface area contributed by atoms with E-state index in [-0.39, 0.29) is 12.5 Å². The molecule has 2 aromatic carbocycles. The van der Waals surface area contributed by atoms with Gasteiger partial charge in [0.2, 0.25) is 0 Å². The van der Waals surface area contributed by atoms with E-state index in [1.165, 1.54) is 0 Å². The summed E-state index contributed by atoms with van der Waals surface area (Å²) in [5.41, 5.74) is 1.11. The van der Waals surface area contributed by atoms with Crippen molar-refractivity contribution in [2.45, 2.75) is 51.2 Å². The molecule has 0 atom stereocenters. The van der Waals surface area contributed by atoms with Crippen molar-refractivity contribution in [2.24, 2.45) is 5.92 Å². The summed E-state index contributed by atoms with van der Waals surface area (Å²) in [4.78, 5) is 12.8. The molecule has 1 aromatic heterocycles. The summed E-state index contributed by atoms with van der Waals surface area (Å²) in [6.45, 7) is 3.62. The summed E-state index contributed by atoms with van der Waals surface area (Å²) in [6.07, 6.45) is 5.94. The van der Waals surface area contributed by atoms with Crippen LogP contribution in [-0.2, 0) is 5.60 Å². The first-order valence-corrected chi connectivity index (χ1v) is 11.1. The van der Waals surface area contributed by atoms with Gasteiger partial charge in [0.05, 0.1) is 27.7 Å². The number of benzene rings is 2. The second-order valence-electron chi connectivity index (χ2n) is 8.92. The molecule has 4 rings (SSSR count). The van der Waals surface area contributed by atoms with Crippen molar-refractivity contribution >= 4 is 34.1 Å². The van der Waals surface area contributed by atoms with Gasteiger partial charge < -0.3 is 15.5 Å². The van der Waals surface area contributed by atoms with Gasteiger partial charge in [0.15, 0.2) is 0 Å². The predicted octanol–water partition coefficient (Wildman–Crippen LogP) is 4.89. The normalized spacial score (nSPS) is 19.5. The number of nitrogens with zero attached hydrogens (tertiary/aromatic N) is 2. The lowest BCUT2D eigenvalue weighted by Crippen LogP contribution is -2.21. The van der Waals surface area contributed by atoms with E-state index in [0.717, 1.165) is 36.6 Å². The highest BCUT2D eigenvalue weighted by atomic mass is 35.5. The van der Waals surface area contributed by atoms with Crippen LogP contribution in [0, 0.1) is 5.92 Å². The molecule has 1 aliphatic carbocycles. The molecule has 3 N–H and O–H groups in total. The number of amides is 1. The van der Waals surface area contributed by atoms with E-state index in [2.05, 4.69) is 5.32 Å². The summed E-state index contributed by atoms with van der Waals surface area (Å²) in [7, 11) is 0.